The highest BCUT2D eigenvalue weighted by molar-refractivity contribution is 5.85. The molecule has 1 saturated heterocycles. The lowest BCUT2D eigenvalue weighted by Crippen LogP contribution is -2.47. The largest absolute Gasteiger partial charge is 0.366 e. The van der Waals surface area contributed by atoms with E-state index in [0.717, 1.165) is 31.7 Å². The quantitative estimate of drug-likeness (QED) is 0.662. The molecule has 7 heteroatoms. The van der Waals surface area contributed by atoms with E-state index in [1.165, 1.54) is 18.4 Å². The summed E-state index contributed by atoms with van der Waals surface area (Å²) >= 11 is 0. The highest BCUT2D eigenvalue weighted by Gasteiger charge is 2.21. The molecule has 0 radical (unpaired) electrons. The first kappa shape index (κ1) is 25.1. The van der Waals surface area contributed by atoms with Gasteiger partial charge >= 0.3 is 0 Å². The molecule has 0 saturated carbocycles. The number of halogens is 2. The molecule has 1 aliphatic heterocycles. The molecule has 0 spiro atoms. The molecular weight excluding hydrogens is 373 g/mol. The van der Waals surface area contributed by atoms with Crippen LogP contribution in [0.2, 0.25) is 0 Å². The van der Waals surface area contributed by atoms with Crippen LogP contribution in [-0.2, 0) is 22.6 Å². The van der Waals surface area contributed by atoms with Gasteiger partial charge in [-0.3, -0.25) is 9.69 Å². The van der Waals surface area contributed by atoms with Crippen molar-refractivity contribution in [1.29, 1.82) is 0 Å². The number of ether oxygens (including phenoxy) is 1. The first-order valence-corrected chi connectivity index (χ1v) is 9.13. The van der Waals surface area contributed by atoms with Gasteiger partial charge in [-0.2, -0.15) is 0 Å². The van der Waals surface area contributed by atoms with Crippen LogP contribution >= 0.6 is 24.8 Å². The molecule has 1 unspecified atom stereocenters. The Kier molecular flexibility index (Phi) is 13.8. The first-order chi connectivity index (χ1) is 11.7. The summed E-state index contributed by atoms with van der Waals surface area (Å²) in [5.41, 5.74) is 2.44. The van der Waals surface area contributed by atoms with Crippen molar-refractivity contribution in [2.45, 2.75) is 45.9 Å². The molecule has 1 aromatic carbocycles. The van der Waals surface area contributed by atoms with E-state index >= 15 is 0 Å². The number of benzene rings is 1. The number of morpholine rings is 1. The maximum Gasteiger partial charge on any atom is 0.250 e. The fourth-order valence-corrected chi connectivity index (χ4v) is 2.86. The summed E-state index contributed by atoms with van der Waals surface area (Å²) in [6.07, 6.45) is 2.09. The maximum atomic E-state index is 12.1. The SMILES string of the molecule is CCCCN(CC)Cc1cccc(CNC(=O)C2CNCCO2)c1.Cl.Cl. The van der Waals surface area contributed by atoms with Gasteiger partial charge in [-0.05, 0) is 30.6 Å². The van der Waals surface area contributed by atoms with E-state index in [2.05, 4.69) is 53.6 Å². The van der Waals surface area contributed by atoms with Crippen LogP contribution in [0.5, 0.6) is 0 Å². The molecule has 0 bridgehead atoms. The van der Waals surface area contributed by atoms with Crippen LogP contribution < -0.4 is 10.6 Å². The minimum absolute atomic E-state index is 0. The van der Waals surface area contributed by atoms with Crippen LogP contribution in [0.15, 0.2) is 24.3 Å². The molecule has 1 amide bonds. The number of amides is 1. The monoisotopic (exact) mass is 405 g/mol. The minimum atomic E-state index is -0.369. The maximum absolute atomic E-state index is 12.1. The molecule has 150 valence electrons. The molecule has 1 aliphatic rings. The first-order valence-electron chi connectivity index (χ1n) is 9.13. The minimum Gasteiger partial charge on any atom is -0.366 e. The van der Waals surface area contributed by atoms with Crippen LogP contribution in [0.25, 0.3) is 0 Å². The molecule has 0 aliphatic carbocycles. The molecule has 2 rings (SSSR count). The van der Waals surface area contributed by atoms with Gasteiger partial charge < -0.3 is 15.4 Å². The molecule has 1 aromatic rings. The number of nitrogens with zero attached hydrogens (tertiary/aromatic N) is 1. The molecule has 0 aromatic heterocycles. The third-order valence-electron chi connectivity index (χ3n) is 4.36. The van der Waals surface area contributed by atoms with Gasteiger partial charge in [0, 0.05) is 26.2 Å². The van der Waals surface area contributed by atoms with E-state index in [-0.39, 0.29) is 36.8 Å². The fourth-order valence-electron chi connectivity index (χ4n) is 2.86. The Hall–Kier alpha value is -0.850. The van der Waals surface area contributed by atoms with Gasteiger partial charge in [0.2, 0.25) is 0 Å². The summed E-state index contributed by atoms with van der Waals surface area (Å²) in [6.45, 7) is 10.2. The summed E-state index contributed by atoms with van der Waals surface area (Å²) in [7, 11) is 0. The van der Waals surface area contributed by atoms with E-state index in [9.17, 15) is 4.79 Å². The molecule has 26 heavy (non-hydrogen) atoms. The topological polar surface area (TPSA) is 53.6 Å². The molecule has 2 N–H and O–H groups in total. The van der Waals surface area contributed by atoms with E-state index in [1.54, 1.807) is 0 Å². The van der Waals surface area contributed by atoms with Crippen LogP contribution in [-0.4, -0.2) is 49.7 Å². The van der Waals surface area contributed by atoms with Gasteiger partial charge in [0.15, 0.2) is 0 Å². The molecule has 1 heterocycles. The van der Waals surface area contributed by atoms with Crippen molar-refractivity contribution in [3.8, 4) is 0 Å². The number of unbranched alkanes of at least 4 members (excludes halogenated alkanes) is 1. The van der Waals surface area contributed by atoms with Gasteiger partial charge in [0.25, 0.3) is 5.91 Å². The summed E-state index contributed by atoms with van der Waals surface area (Å²) in [4.78, 5) is 14.6. The van der Waals surface area contributed by atoms with Crippen LogP contribution in [0.1, 0.15) is 37.8 Å². The number of carbonyl (C=O) groups excluding carboxylic acids is 1. The van der Waals surface area contributed by atoms with Crippen molar-refractivity contribution in [2.24, 2.45) is 0 Å². The predicted octanol–water partition coefficient (Wildman–Crippen LogP) is 2.76. The Bertz CT molecular complexity index is 511. The van der Waals surface area contributed by atoms with Crippen LogP contribution in [0.3, 0.4) is 0 Å². The zero-order chi connectivity index (χ0) is 17.2. The fraction of sp³-hybridized carbons (Fsp3) is 0.632. The number of hydrogen-bond donors (Lipinski definition) is 2. The highest BCUT2D eigenvalue weighted by Crippen LogP contribution is 2.10. The summed E-state index contributed by atoms with van der Waals surface area (Å²) < 4.78 is 5.48. The van der Waals surface area contributed by atoms with Crippen LogP contribution in [0.4, 0.5) is 0 Å². The standard InChI is InChI=1S/C19H31N3O2.2ClH/c1-3-5-10-22(4-2)15-17-8-6-7-16(12-17)13-21-19(23)18-14-20-9-11-24-18;;/h6-8,12,18,20H,3-5,9-11,13-15H2,1-2H3,(H,21,23);2*1H. The van der Waals surface area contributed by atoms with Crippen molar-refractivity contribution >= 4 is 30.7 Å². The van der Waals surface area contributed by atoms with Crippen LogP contribution in [0, 0.1) is 0 Å². The van der Waals surface area contributed by atoms with Crippen molar-refractivity contribution in [1.82, 2.24) is 15.5 Å². The Morgan fingerprint density at radius 3 is 2.73 bits per heavy atom. The smallest absolute Gasteiger partial charge is 0.250 e. The number of hydrogen-bond acceptors (Lipinski definition) is 4. The third-order valence-corrected chi connectivity index (χ3v) is 4.36. The summed E-state index contributed by atoms with van der Waals surface area (Å²) in [6, 6.07) is 8.48. The average Bonchev–Trinajstić information content (AvgIpc) is 2.64. The summed E-state index contributed by atoms with van der Waals surface area (Å²) in [5, 5.41) is 6.16. The lowest BCUT2D eigenvalue weighted by molar-refractivity contribution is -0.134. The van der Waals surface area contributed by atoms with Crippen molar-refractivity contribution in [2.75, 3.05) is 32.8 Å². The van der Waals surface area contributed by atoms with Gasteiger partial charge in [-0.15, -0.1) is 24.8 Å². The second-order valence-electron chi connectivity index (χ2n) is 6.32. The third kappa shape index (κ3) is 8.69. The van der Waals surface area contributed by atoms with Crippen molar-refractivity contribution in [3.05, 3.63) is 35.4 Å². The van der Waals surface area contributed by atoms with Gasteiger partial charge in [-0.25, -0.2) is 0 Å². The normalized spacial score (nSPS) is 16.5. The molecule has 1 fully saturated rings. The predicted molar refractivity (Wildman–Crippen MR) is 111 cm³/mol. The van der Waals surface area contributed by atoms with E-state index in [1.807, 2.05) is 0 Å². The zero-order valence-corrected chi connectivity index (χ0v) is 17.5. The Balaban J connectivity index is 0.00000312. The number of rotatable bonds is 9. The van der Waals surface area contributed by atoms with E-state index < -0.39 is 0 Å². The summed E-state index contributed by atoms with van der Waals surface area (Å²) in [5.74, 6) is -0.0364. The van der Waals surface area contributed by atoms with Crippen molar-refractivity contribution in [3.63, 3.8) is 0 Å². The molecular formula is C19H33Cl2N3O2. The molecule has 5 nitrogen and oxygen atoms in total. The van der Waals surface area contributed by atoms with Crippen molar-refractivity contribution < 1.29 is 9.53 Å². The van der Waals surface area contributed by atoms with Gasteiger partial charge in [0.05, 0.1) is 6.61 Å². The van der Waals surface area contributed by atoms with Gasteiger partial charge in [-0.1, -0.05) is 44.5 Å². The Morgan fingerprint density at radius 1 is 1.31 bits per heavy atom. The van der Waals surface area contributed by atoms with E-state index in [0.29, 0.717) is 19.7 Å². The lowest BCUT2D eigenvalue weighted by Gasteiger charge is -2.23. The number of carbonyl (C=O) groups is 1. The second kappa shape index (κ2) is 14.2. The zero-order valence-electron chi connectivity index (χ0n) is 15.8. The second-order valence-corrected chi connectivity index (χ2v) is 6.32. The Morgan fingerprint density at radius 2 is 2.08 bits per heavy atom. The lowest BCUT2D eigenvalue weighted by atomic mass is 10.1. The molecule has 1 atom stereocenters. The highest BCUT2D eigenvalue weighted by atomic mass is 35.5. The van der Waals surface area contributed by atoms with E-state index in [4.69, 9.17) is 4.74 Å². The average molecular weight is 406 g/mol. The van der Waals surface area contributed by atoms with Gasteiger partial charge in [0.1, 0.15) is 6.10 Å². The Labute approximate surface area is 170 Å². The number of nitrogens with one attached hydrogen (secondary N) is 2.